The summed E-state index contributed by atoms with van der Waals surface area (Å²) in [4.78, 5) is 32.5. The molecule has 2 aliphatic rings. The van der Waals surface area contributed by atoms with Crippen molar-refractivity contribution in [3.63, 3.8) is 0 Å². The van der Waals surface area contributed by atoms with Crippen molar-refractivity contribution in [1.82, 2.24) is 10.2 Å². The maximum atomic E-state index is 13.2. The molecule has 1 fully saturated rings. The summed E-state index contributed by atoms with van der Waals surface area (Å²) in [6.45, 7) is 0.336. The lowest BCUT2D eigenvalue weighted by Crippen LogP contribution is -2.52. The first kappa shape index (κ1) is 19.6. The summed E-state index contributed by atoms with van der Waals surface area (Å²) in [6.07, 6.45) is 4.76. The van der Waals surface area contributed by atoms with Gasteiger partial charge in [-0.2, -0.15) is 0 Å². The topological polar surface area (TPSA) is 61.8 Å². The Balaban J connectivity index is 1.51. The average molecular weight is 410 g/mol. The average Bonchev–Trinajstić information content (AvgIpc) is 3.00. The van der Waals surface area contributed by atoms with Gasteiger partial charge >= 0.3 is 0 Å². The zero-order chi connectivity index (χ0) is 20.3. The fraction of sp³-hybridized carbons (Fsp3) is 0.348. The Hall–Kier alpha value is -2.66. The Morgan fingerprint density at radius 2 is 1.72 bits per heavy atom. The second-order valence-corrected chi connectivity index (χ2v) is 8.04. The van der Waals surface area contributed by atoms with Gasteiger partial charge in [0.25, 0.3) is 5.91 Å². The van der Waals surface area contributed by atoms with Crippen LogP contribution in [0, 0.1) is 0 Å². The van der Waals surface area contributed by atoms with Crippen LogP contribution in [0.1, 0.15) is 43.2 Å². The largest absolute Gasteiger partial charge is 0.350 e. The van der Waals surface area contributed by atoms with E-state index in [4.69, 9.17) is 16.6 Å². The van der Waals surface area contributed by atoms with E-state index in [1.54, 1.807) is 11.0 Å². The fourth-order valence-corrected chi connectivity index (χ4v) is 4.37. The van der Waals surface area contributed by atoms with E-state index in [1.807, 2.05) is 48.5 Å². The lowest BCUT2D eigenvalue weighted by Gasteiger charge is -2.38. The van der Waals surface area contributed by atoms with Crippen LogP contribution >= 0.6 is 11.6 Å². The first-order chi connectivity index (χ1) is 14.1. The summed E-state index contributed by atoms with van der Waals surface area (Å²) in [5.41, 5.74) is 1.53. The molecule has 6 heteroatoms. The number of amides is 2. The predicted molar refractivity (Wildman–Crippen MR) is 114 cm³/mol. The Morgan fingerprint density at radius 1 is 1.03 bits per heavy atom. The monoisotopic (exact) mass is 409 g/mol. The minimum atomic E-state index is -0.595. The smallest absolute Gasteiger partial charge is 0.275 e. The number of carbonyl (C=O) groups is 2. The van der Waals surface area contributed by atoms with E-state index < -0.39 is 5.66 Å². The van der Waals surface area contributed by atoms with Crippen molar-refractivity contribution in [2.45, 2.75) is 44.3 Å². The van der Waals surface area contributed by atoms with Crippen molar-refractivity contribution in [3.05, 3.63) is 70.7 Å². The highest BCUT2D eigenvalue weighted by molar-refractivity contribution is 6.47. The molecule has 0 radical (unpaired) electrons. The molecule has 150 valence electrons. The third kappa shape index (κ3) is 4.06. The van der Waals surface area contributed by atoms with Gasteiger partial charge in [0, 0.05) is 17.1 Å². The molecule has 29 heavy (non-hydrogen) atoms. The highest BCUT2D eigenvalue weighted by atomic mass is 35.5. The number of rotatable bonds is 5. The molecule has 0 unspecified atom stereocenters. The van der Waals surface area contributed by atoms with Gasteiger partial charge in [-0.25, -0.2) is 0 Å². The normalized spacial score (nSPS) is 18.0. The van der Waals surface area contributed by atoms with Gasteiger partial charge in [0.1, 0.15) is 17.9 Å². The van der Waals surface area contributed by atoms with Crippen molar-refractivity contribution < 1.29 is 9.59 Å². The van der Waals surface area contributed by atoms with Gasteiger partial charge < -0.3 is 10.2 Å². The lowest BCUT2D eigenvalue weighted by atomic mass is 9.88. The molecule has 0 atom stereocenters. The van der Waals surface area contributed by atoms with Gasteiger partial charge in [0.05, 0.1) is 0 Å². The van der Waals surface area contributed by atoms with Gasteiger partial charge in [-0.15, -0.1) is 0 Å². The quantitative estimate of drug-likeness (QED) is 0.812. The van der Waals surface area contributed by atoms with Crippen LogP contribution < -0.4 is 5.32 Å². The van der Waals surface area contributed by atoms with Gasteiger partial charge in [-0.3, -0.25) is 14.6 Å². The fourth-order valence-electron chi connectivity index (χ4n) is 4.17. The zero-order valence-electron chi connectivity index (χ0n) is 16.2. The minimum Gasteiger partial charge on any atom is -0.350 e. The molecular weight excluding hydrogens is 386 g/mol. The molecule has 1 aliphatic carbocycles. The Bertz CT molecular complexity index is 936. The molecule has 0 saturated heterocycles. The molecule has 1 heterocycles. The van der Waals surface area contributed by atoms with Crippen LogP contribution in [0.15, 0.2) is 59.6 Å². The van der Waals surface area contributed by atoms with Crippen LogP contribution in [0.25, 0.3) is 0 Å². The first-order valence-corrected chi connectivity index (χ1v) is 10.4. The SMILES string of the molecule is O=C(CN1C(=O)C(c2ccccc2)=NC12CCCCC2)NCc1ccccc1Cl. The van der Waals surface area contributed by atoms with Crippen molar-refractivity contribution in [2.24, 2.45) is 4.99 Å². The van der Waals surface area contributed by atoms with Gasteiger partial charge in [0.2, 0.25) is 5.91 Å². The van der Waals surface area contributed by atoms with Crippen molar-refractivity contribution in [3.8, 4) is 0 Å². The molecular formula is C23H24ClN3O2. The molecule has 1 aliphatic heterocycles. The molecule has 1 saturated carbocycles. The molecule has 1 N–H and O–H groups in total. The van der Waals surface area contributed by atoms with Crippen LogP contribution in [0.2, 0.25) is 5.02 Å². The first-order valence-electron chi connectivity index (χ1n) is 10.1. The molecule has 5 nitrogen and oxygen atoms in total. The number of nitrogens with zero attached hydrogens (tertiary/aromatic N) is 2. The van der Waals surface area contributed by atoms with E-state index in [9.17, 15) is 9.59 Å². The summed E-state index contributed by atoms with van der Waals surface area (Å²) in [7, 11) is 0. The second-order valence-electron chi connectivity index (χ2n) is 7.63. The maximum absolute atomic E-state index is 13.2. The summed E-state index contributed by atoms with van der Waals surface area (Å²) in [5, 5.41) is 3.51. The molecule has 1 spiro atoms. The van der Waals surface area contributed by atoms with Gasteiger partial charge in [-0.1, -0.05) is 66.6 Å². The number of hydrogen-bond donors (Lipinski definition) is 1. The number of benzene rings is 2. The summed E-state index contributed by atoms with van der Waals surface area (Å²) < 4.78 is 0. The molecule has 2 aromatic carbocycles. The van der Waals surface area contributed by atoms with E-state index >= 15 is 0 Å². The van der Waals surface area contributed by atoms with E-state index in [-0.39, 0.29) is 18.4 Å². The van der Waals surface area contributed by atoms with Crippen LogP contribution in [-0.2, 0) is 16.1 Å². The lowest BCUT2D eigenvalue weighted by molar-refractivity contribution is -0.136. The van der Waals surface area contributed by atoms with Crippen molar-refractivity contribution >= 4 is 29.1 Å². The van der Waals surface area contributed by atoms with Crippen LogP contribution in [0.3, 0.4) is 0 Å². The number of aliphatic imine (C=N–C) groups is 1. The van der Waals surface area contributed by atoms with E-state index in [0.29, 0.717) is 17.3 Å². The number of halogens is 1. The molecule has 0 bridgehead atoms. The summed E-state index contributed by atoms with van der Waals surface area (Å²) >= 11 is 6.17. The van der Waals surface area contributed by atoms with Crippen LogP contribution in [0.5, 0.6) is 0 Å². The number of nitrogens with one attached hydrogen (secondary N) is 1. The summed E-state index contributed by atoms with van der Waals surface area (Å²) in [6, 6.07) is 16.9. The molecule has 2 aromatic rings. The van der Waals surface area contributed by atoms with Crippen LogP contribution in [0.4, 0.5) is 0 Å². The van der Waals surface area contributed by atoms with Crippen molar-refractivity contribution in [2.75, 3.05) is 6.54 Å². The van der Waals surface area contributed by atoms with Crippen LogP contribution in [-0.4, -0.2) is 34.6 Å². The van der Waals surface area contributed by atoms with E-state index in [0.717, 1.165) is 43.2 Å². The third-order valence-electron chi connectivity index (χ3n) is 5.71. The maximum Gasteiger partial charge on any atom is 0.275 e. The van der Waals surface area contributed by atoms with Gasteiger partial charge in [0.15, 0.2) is 0 Å². The Labute approximate surface area is 175 Å². The highest BCUT2D eigenvalue weighted by Gasteiger charge is 2.48. The summed E-state index contributed by atoms with van der Waals surface area (Å²) in [5.74, 6) is -0.362. The van der Waals surface area contributed by atoms with E-state index in [1.165, 1.54) is 0 Å². The number of hydrogen-bond acceptors (Lipinski definition) is 3. The predicted octanol–water partition coefficient (Wildman–Crippen LogP) is 3.95. The third-order valence-corrected chi connectivity index (χ3v) is 6.08. The minimum absolute atomic E-state index is 0.00309. The molecule has 4 rings (SSSR count). The highest BCUT2D eigenvalue weighted by Crippen LogP contribution is 2.39. The van der Waals surface area contributed by atoms with Gasteiger partial charge in [-0.05, 0) is 37.3 Å². The van der Waals surface area contributed by atoms with E-state index in [2.05, 4.69) is 5.32 Å². The Kier molecular flexibility index (Phi) is 5.67. The van der Waals surface area contributed by atoms with Crippen molar-refractivity contribution in [1.29, 1.82) is 0 Å². The Morgan fingerprint density at radius 3 is 2.45 bits per heavy atom. The second kappa shape index (κ2) is 8.37. The molecule has 2 amide bonds. The standard InChI is InChI=1S/C23H24ClN3O2/c24-19-12-6-5-11-18(19)15-25-20(28)16-27-22(29)21(17-9-3-1-4-10-17)26-23(27)13-7-2-8-14-23/h1,3-6,9-12H,2,7-8,13-16H2,(H,25,28). The molecule has 0 aromatic heterocycles. The number of carbonyl (C=O) groups excluding carboxylic acids is 2. The zero-order valence-corrected chi connectivity index (χ0v) is 17.0.